The molecule has 1 aliphatic heterocycles. The van der Waals surface area contributed by atoms with Crippen LogP contribution in [0.15, 0.2) is 18.2 Å². The summed E-state index contributed by atoms with van der Waals surface area (Å²) in [5.41, 5.74) is 0.735. The summed E-state index contributed by atoms with van der Waals surface area (Å²) in [6.45, 7) is 0.433. The van der Waals surface area contributed by atoms with E-state index < -0.39 is 17.8 Å². The molecule has 1 saturated heterocycles. The molecular formula is C11H9ClFNO3. The molecular weight excluding hydrogens is 249 g/mol. The molecule has 0 amide bonds. The molecule has 1 aromatic rings. The largest absolute Gasteiger partial charge is 0.391 e. The van der Waals surface area contributed by atoms with Gasteiger partial charge in [-0.25, -0.2) is 4.39 Å². The molecule has 0 bridgehead atoms. The molecule has 1 aliphatic rings. The van der Waals surface area contributed by atoms with Gasteiger partial charge in [0.15, 0.2) is 0 Å². The summed E-state index contributed by atoms with van der Waals surface area (Å²) >= 11 is 5.64. The Kier molecular flexibility index (Phi) is 3.40. The second-order valence-electron chi connectivity index (χ2n) is 3.74. The minimum atomic E-state index is -0.575. The van der Waals surface area contributed by atoms with Crippen molar-refractivity contribution in [3.05, 3.63) is 34.6 Å². The van der Waals surface area contributed by atoms with E-state index in [2.05, 4.69) is 4.74 Å². The molecule has 2 rings (SSSR count). The third kappa shape index (κ3) is 3.01. The van der Waals surface area contributed by atoms with Crippen LogP contribution in [0, 0.1) is 5.82 Å². The molecule has 0 atom stereocenters. The Morgan fingerprint density at radius 3 is 2.53 bits per heavy atom. The van der Waals surface area contributed by atoms with Gasteiger partial charge < -0.3 is 4.74 Å². The number of halogens is 2. The van der Waals surface area contributed by atoms with E-state index in [1.807, 2.05) is 0 Å². The van der Waals surface area contributed by atoms with Gasteiger partial charge in [-0.05, 0) is 17.7 Å². The number of hydrogen-bond acceptors (Lipinski definition) is 4. The van der Waals surface area contributed by atoms with Crippen molar-refractivity contribution < 1.29 is 18.7 Å². The summed E-state index contributed by atoms with van der Waals surface area (Å²) in [6, 6.07) is 4.29. The summed E-state index contributed by atoms with van der Waals surface area (Å²) in [6.07, 6.45) is 0. The first-order valence-corrected chi connectivity index (χ1v) is 5.32. The number of esters is 2. The standard InChI is InChI=1S/C11H9ClFNO3/c12-8-3-7(1-2-9(8)13)4-14-5-10(15)17-11(16)6-14/h1-3H,4-6H2. The zero-order valence-corrected chi connectivity index (χ0v) is 9.54. The highest BCUT2D eigenvalue weighted by Crippen LogP contribution is 2.17. The van der Waals surface area contributed by atoms with E-state index in [4.69, 9.17) is 11.6 Å². The number of carbonyl (C=O) groups excluding carboxylic acids is 2. The van der Waals surface area contributed by atoms with Gasteiger partial charge in [-0.2, -0.15) is 0 Å². The summed E-state index contributed by atoms with van der Waals surface area (Å²) in [5.74, 6) is -1.64. The lowest BCUT2D eigenvalue weighted by Crippen LogP contribution is -2.42. The van der Waals surface area contributed by atoms with Crippen molar-refractivity contribution in [1.82, 2.24) is 4.90 Å². The molecule has 1 heterocycles. The van der Waals surface area contributed by atoms with Gasteiger partial charge in [0.25, 0.3) is 0 Å². The summed E-state index contributed by atoms with van der Waals surface area (Å²) in [5, 5.41) is 0.0217. The van der Waals surface area contributed by atoms with E-state index in [9.17, 15) is 14.0 Å². The van der Waals surface area contributed by atoms with Crippen LogP contribution in [-0.4, -0.2) is 29.9 Å². The van der Waals surface area contributed by atoms with Crippen molar-refractivity contribution in [2.45, 2.75) is 6.54 Å². The summed E-state index contributed by atoms with van der Waals surface area (Å²) in [4.78, 5) is 23.7. The lowest BCUT2D eigenvalue weighted by Gasteiger charge is -2.24. The number of nitrogens with zero attached hydrogens (tertiary/aromatic N) is 1. The average molecular weight is 258 g/mol. The van der Waals surface area contributed by atoms with Gasteiger partial charge in [0.2, 0.25) is 0 Å². The Bertz CT molecular complexity index is 462. The fourth-order valence-corrected chi connectivity index (χ4v) is 1.82. The minimum Gasteiger partial charge on any atom is -0.391 e. The highest BCUT2D eigenvalue weighted by molar-refractivity contribution is 6.30. The molecule has 4 nitrogen and oxygen atoms in total. The van der Waals surface area contributed by atoms with Gasteiger partial charge in [0, 0.05) is 6.54 Å². The highest BCUT2D eigenvalue weighted by atomic mass is 35.5. The zero-order valence-electron chi connectivity index (χ0n) is 8.78. The Morgan fingerprint density at radius 2 is 1.94 bits per heavy atom. The molecule has 0 radical (unpaired) electrons. The molecule has 17 heavy (non-hydrogen) atoms. The number of carbonyl (C=O) groups is 2. The van der Waals surface area contributed by atoms with E-state index in [0.29, 0.717) is 6.54 Å². The summed E-state index contributed by atoms with van der Waals surface area (Å²) < 4.78 is 17.3. The third-order valence-electron chi connectivity index (χ3n) is 2.32. The van der Waals surface area contributed by atoms with Crippen LogP contribution in [0.5, 0.6) is 0 Å². The second kappa shape index (κ2) is 4.81. The van der Waals surface area contributed by atoms with Crippen molar-refractivity contribution >= 4 is 23.5 Å². The molecule has 0 saturated carbocycles. The topological polar surface area (TPSA) is 46.6 Å². The number of cyclic esters (lactones) is 2. The smallest absolute Gasteiger partial charge is 0.327 e. The van der Waals surface area contributed by atoms with Crippen LogP contribution in [0.25, 0.3) is 0 Å². The lowest BCUT2D eigenvalue weighted by atomic mass is 10.2. The Balaban J connectivity index is 2.07. The van der Waals surface area contributed by atoms with Crippen LogP contribution in [0.4, 0.5) is 4.39 Å². The normalized spacial score (nSPS) is 17.1. The maximum absolute atomic E-state index is 12.9. The van der Waals surface area contributed by atoms with Crippen LogP contribution in [-0.2, 0) is 20.9 Å². The van der Waals surface area contributed by atoms with Crippen LogP contribution in [0.3, 0.4) is 0 Å². The molecule has 0 spiro atoms. The maximum Gasteiger partial charge on any atom is 0.327 e. The first kappa shape index (κ1) is 12.0. The predicted molar refractivity (Wildman–Crippen MR) is 57.8 cm³/mol. The zero-order chi connectivity index (χ0) is 12.4. The average Bonchev–Trinajstić information content (AvgIpc) is 2.22. The lowest BCUT2D eigenvalue weighted by molar-refractivity contribution is -0.167. The van der Waals surface area contributed by atoms with Gasteiger partial charge >= 0.3 is 11.9 Å². The SMILES string of the molecule is O=C1CN(Cc2ccc(F)c(Cl)c2)CC(=O)O1. The fourth-order valence-electron chi connectivity index (χ4n) is 1.62. The highest BCUT2D eigenvalue weighted by Gasteiger charge is 2.24. The third-order valence-corrected chi connectivity index (χ3v) is 2.61. The molecule has 0 aliphatic carbocycles. The quantitative estimate of drug-likeness (QED) is 0.593. The van der Waals surface area contributed by atoms with Gasteiger partial charge in [-0.3, -0.25) is 14.5 Å². The van der Waals surface area contributed by atoms with Crippen LogP contribution in [0.1, 0.15) is 5.56 Å². The molecule has 1 fully saturated rings. The molecule has 1 aromatic carbocycles. The van der Waals surface area contributed by atoms with E-state index in [1.54, 1.807) is 11.0 Å². The van der Waals surface area contributed by atoms with Gasteiger partial charge in [-0.15, -0.1) is 0 Å². The predicted octanol–water partition coefficient (Wildman–Crippen LogP) is 1.36. The molecule has 0 N–H and O–H groups in total. The molecule has 6 heteroatoms. The number of ether oxygens (including phenoxy) is 1. The van der Waals surface area contributed by atoms with Gasteiger partial charge in [-0.1, -0.05) is 17.7 Å². The monoisotopic (exact) mass is 257 g/mol. The van der Waals surface area contributed by atoms with E-state index >= 15 is 0 Å². The number of rotatable bonds is 2. The molecule has 0 aromatic heterocycles. The van der Waals surface area contributed by atoms with Crippen LogP contribution >= 0.6 is 11.6 Å². The summed E-state index contributed by atoms with van der Waals surface area (Å²) in [7, 11) is 0. The van der Waals surface area contributed by atoms with Crippen LogP contribution < -0.4 is 0 Å². The number of benzene rings is 1. The van der Waals surface area contributed by atoms with E-state index in [0.717, 1.165) is 5.56 Å². The van der Waals surface area contributed by atoms with Crippen molar-refractivity contribution in [1.29, 1.82) is 0 Å². The Morgan fingerprint density at radius 1 is 1.29 bits per heavy atom. The van der Waals surface area contributed by atoms with Gasteiger partial charge in [0.05, 0.1) is 18.1 Å². The van der Waals surface area contributed by atoms with Crippen LogP contribution in [0.2, 0.25) is 5.02 Å². The Labute approximate surface area is 102 Å². The van der Waals surface area contributed by atoms with E-state index in [1.165, 1.54) is 12.1 Å². The van der Waals surface area contributed by atoms with Crippen molar-refractivity contribution in [2.24, 2.45) is 0 Å². The fraction of sp³-hybridized carbons (Fsp3) is 0.273. The second-order valence-corrected chi connectivity index (χ2v) is 4.15. The molecule has 0 unspecified atom stereocenters. The first-order valence-electron chi connectivity index (χ1n) is 4.94. The number of morpholine rings is 1. The van der Waals surface area contributed by atoms with Crippen molar-refractivity contribution in [2.75, 3.05) is 13.1 Å². The Hall–Kier alpha value is -1.46. The van der Waals surface area contributed by atoms with Crippen molar-refractivity contribution in [3.63, 3.8) is 0 Å². The first-order chi connectivity index (χ1) is 8.04. The molecule has 90 valence electrons. The van der Waals surface area contributed by atoms with Crippen molar-refractivity contribution in [3.8, 4) is 0 Å². The maximum atomic E-state index is 12.9. The van der Waals surface area contributed by atoms with Gasteiger partial charge in [0.1, 0.15) is 5.82 Å². The number of hydrogen-bond donors (Lipinski definition) is 0. The van der Waals surface area contributed by atoms with E-state index in [-0.39, 0.29) is 18.1 Å². The minimum absolute atomic E-state index is 0.0217.